The molecule has 6 heteroatoms. The van der Waals surface area contributed by atoms with Gasteiger partial charge >= 0.3 is 0 Å². The second-order valence-corrected chi connectivity index (χ2v) is 7.19. The van der Waals surface area contributed by atoms with Crippen molar-refractivity contribution in [2.45, 2.75) is 32.6 Å². The molecule has 154 valence electrons. The molecule has 2 aromatic carbocycles. The fraction of sp³-hybridized carbons (Fsp3) is 0.391. The summed E-state index contributed by atoms with van der Waals surface area (Å²) in [4.78, 5) is 25.3. The van der Waals surface area contributed by atoms with Gasteiger partial charge in [0.05, 0.1) is 19.4 Å². The molecule has 3 rings (SSSR count). The zero-order chi connectivity index (χ0) is 20.6. The lowest BCUT2D eigenvalue weighted by atomic mass is 9.81. The van der Waals surface area contributed by atoms with Crippen molar-refractivity contribution in [3.63, 3.8) is 0 Å². The van der Waals surface area contributed by atoms with Crippen molar-refractivity contribution in [3.8, 4) is 11.5 Å². The predicted molar refractivity (Wildman–Crippen MR) is 113 cm³/mol. The number of amides is 2. The van der Waals surface area contributed by atoms with Gasteiger partial charge in [-0.3, -0.25) is 9.59 Å². The van der Waals surface area contributed by atoms with Crippen LogP contribution in [0.5, 0.6) is 11.5 Å². The van der Waals surface area contributed by atoms with E-state index < -0.39 is 0 Å². The number of carbonyl (C=O) groups excluding carboxylic acids is 2. The van der Waals surface area contributed by atoms with Crippen molar-refractivity contribution in [2.75, 3.05) is 24.4 Å². The first-order valence-electron chi connectivity index (χ1n) is 10.1. The minimum atomic E-state index is -0.0921. The van der Waals surface area contributed by atoms with Crippen LogP contribution in [0.25, 0.3) is 0 Å². The summed E-state index contributed by atoms with van der Waals surface area (Å²) in [6, 6.07) is 14.8. The van der Waals surface area contributed by atoms with Crippen LogP contribution in [0, 0.1) is 11.8 Å². The van der Waals surface area contributed by atoms with E-state index in [1.54, 1.807) is 13.2 Å². The fourth-order valence-electron chi connectivity index (χ4n) is 3.65. The Morgan fingerprint density at radius 2 is 1.59 bits per heavy atom. The highest BCUT2D eigenvalue weighted by Gasteiger charge is 2.30. The molecule has 0 aromatic heterocycles. The molecular weight excluding hydrogens is 368 g/mol. The van der Waals surface area contributed by atoms with Gasteiger partial charge in [0.2, 0.25) is 11.8 Å². The van der Waals surface area contributed by atoms with Crippen LogP contribution in [0.4, 0.5) is 11.4 Å². The molecule has 1 aliphatic carbocycles. The Labute approximate surface area is 171 Å². The van der Waals surface area contributed by atoms with E-state index in [1.807, 2.05) is 49.4 Å². The van der Waals surface area contributed by atoms with Crippen molar-refractivity contribution in [1.29, 1.82) is 0 Å². The maximum Gasteiger partial charge on any atom is 0.227 e. The average molecular weight is 396 g/mol. The second-order valence-electron chi connectivity index (χ2n) is 7.19. The Hall–Kier alpha value is -3.02. The average Bonchev–Trinajstić information content (AvgIpc) is 2.75. The standard InChI is InChI=1S/C23H28N2O4/c1-3-29-21-10-5-4-9-20(21)25-23(27)17-13-11-16(12-14-17)22(26)24-18-7-6-8-19(15-18)28-2/h4-10,15-17H,3,11-14H2,1-2H3,(H,24,26)(H,25,27). The van der Waals surface area contributed by atoms with E-state index in [0.717, 1.165) is 5.69 Å². The highest BCUT2D eigenvalue weighted by Crippen LogP contribution is 2.32. The fourth-order valence-corrected chi connectivity index (χ4v) is 3.65. The van der Waals surface area contributed by atoms with Gasteiger partial charge in [0.25, 0.3) is 0 Å². The SMILES string of the molecule is CCOc1ccccc1NC(=O)C1CCC(C(=O)Nc2cccc(OC)c2)CC1. The van der Waals surface area contributed by atoms with Crippen molar-refractivity contribution < 1.29 is 19.1 Å². The maximum atomic E-state index is 12.7. The Morgan fingerprint density at radius 3 is 2.24 bits per heavy atom. The van der Waals surface area contributed by atoms with Crippen LogP contribution in [0.1, 0.15) is 32.6 Å². The molecule has 6 nitrogen and oxygen atoms in total. The Morgan fingerprint density at radius 1 is 0.931 bits per heavy atom. The minimum Gasteiger partial charge on any atom is -0.497 e. The molecule has 29 heavy (non-hydrogen) atoms. The molecule has 0 unspecified atom stereocenters. The lowest BCUT2D eigenvalue weighted by molar-refractivity contribution is -0.125. The van der Waals surface area contributed by atoms with Crippen LogP contribution in [-0.4, -0.2) is 25.5 Å². The van der Waals surface area contributed by atoms with Gasteiger partial charge in [-0.05, 0) is 56.9 Å². The molecular formula is C23H28N2O4. The monoisotopic (exact) mass is 396 g/mol. The van der Waals surface area contributed by atoms with Gasteiger partial charge in [-0.1, -0.05) is 18.2 Å². The van der Waals surface area contributed by atoms with Gasteiger partial charge in [0.15, 0.2) is 0 Å². The number of carbonyl (C=O) groups is 2. The van der Waals surface area contributed by atoms with Gasteiger partial charge in [-0.2, -0.15) is 0 Å². The number of hydrogen-bond donors (Lipinski definition) is 2. The largest absolute Gasteiger partial charge is 0.497 e. The van der Waals surface area contributed by atoms with Gasteiger partial charge in [-0.25, -0.2) is 0 Å². The number of methoxy groups -OCH3 is 1. The molecule has 0 atom stereocenters. The van der Waals surface area contributed by atoms with Crippen LogP contribution < -0.4 is 20.1 Å². The molecule has 2 N–H and O–H groups in total. The van der Waals surface area contributed by atoms with E-state index in [0.29, 0.717) is 49.5 Å². The quantitative estimate of drug-likeness (QED) is 0.724. The van der Waals surface area contributed by atoms with Crippen LogP contribution >= 0.6 is 0 Å². The Balaban J connectivity index is 1.52. The predicted octanol–water partition coefficient (Wildman–Crippen LogP) is 4.48. The van der Waals surface area contributed by atoms with Crippen LogP contribution in [0.3, 0.4) is 0 Å². The smallest absolute Gasteiger partial charge is 0.227 e. The molecule has 0 saturated heterocycles. The van der Waals surface area contributed by atoms with Crippen LogP contribution in [-0.2, 0) is 9.59 Å². The molecule has 2 amide bonds. The van der Waals surface area contributed by atoms with Crippen molar-refractivity contribution in [3.05, 3.63) is 48.5 Å². The summed E-state index contributed by atoms with van der Waals surface area (Å²) in [5, 5.41) is 5.94. The lowest BCUT2D eigenvalue weighted by Crippen LogP contribution is -2.32. The minimum absolute atomic E-state index is 0.00111. The first-order chi connectivity index (χ1) is 14.1. The van der Waals surface area contributed by atoms with Gasteiger partial charge in [-0.15, -0.1) is 0 Å². The van der Waals surface area contributed by atoms with E-state index in [1.165, 1.54) is 0 Å². The van der Waals surface area contributed by atoms with E-state index >= 15 is 0 Å². The number of rotatable bonds is 7. The first kappa shape index (κ1) is 20.7. The topological polar surface area (TPSA) is 76.7 Å². The Kier molecular flexibility index (Phi) is 7.11. The normalized spacial score (nSPS) is 18.6. The summed E-state index contributed by atoms with van der Waals surface area (Å²) in [7, 11) is 1.60. The van der Waals surface area contributed by atoms with Gasteiger partial charge in [0, 0.05) is 23.6 Å². The van der Waals surface area contributed by atoms with Gasteiger partial charge < -0.3 is 20.1 Å². The van der Waals surface area contributed by atoms with Gasteiger partial charge in [0.1, 0.15) is 11.5 Å². The zero-order valence-corrected chi connectivity index (χ0v) is 16.9. The third-order valence-corrected chi connectivity index (χ3v) is 5.25. The van der Waals surface area contributed by atoms with E-state index in [-0.39, 0.29) is 23.7 Å². The second kappa shape index (κ2) is 9.96. The molecule has 1 saturated carbocycles. The number of benzene rings is 2. The van der Waals surface area contributed by atoms with Crippen molar-refractivity contribution >= 4 is 23.2 Å². The number of ether oxygens (including phenoxy) is 2. The molecule has 0 bridgehead atoms. The lowest BCUT2D eigenvalue weighted by Gasteiger charge is -2.27. The molecule has 0 aliphatic heterocycles. The summed E-state index contributed by atoms with van der Waals surface area (Å²) < 4.78 is 10.8. The highest BCUT2D eigenvalue weighted by atomic mass is 16.5. The molecule has 1 aliphatic rings. The summed E-state index contributed by atoms with van der Waals surface area (Å²) in [6.45, 7) is 2.46. The molecule has 1 fully saturated rings. The summed E-state index contributed by atoms with van der Waals surface area (Å²) in [5.74, 6) is 1.19. The van der Waals surface area contributed by atoms with Crippen LogP contribution in [0.2, 0.25) is 0 Å². The zero-order valence-electron chi connectivity index (χ0n) is 16.9. The third-order valence-electron chi connectivity index (χ3n) is 5.25. The number of para-hydroxylation sites is 2. The molecule has 0 spiro atoms. The summed E-state index contributed by atoms with van der Waals surface area (Å²) in [6.07, 6.45) is 2.78. The van der Waals surface area contributed by atoms with Crippen molar-refractivity contribution in [1.82, 2.24) is 0 Å². The van der Waals surface area contributed by atoms with E-state index in [9.17, 15) is 9.59 Å². The molecule has 0 radical (unpaired) electrons. The number of nitrogens with one attached hydrogen (secondary N) is 2. The van der Waals surface area contributed by atoms with Crippen LogP contribution in [0.15, 0.2) is 48.5 Å². The third kappa shape index (κ3) is 5.50. The highest BCUT2D eigenvalue weighted by molar-refractivity contribution is 5.95. The molecule has 0 heterocycles. The summed E-state index contributed by atoms with van der Waals surface area (Å²) in [5.41, 5.74) is 1.42. The molecule has 2 aromatic rings. The number of hydrogen-bond acceptors (Lipinski definition) is 4. The van der Waals surface area contributed by atoms with E-state index in [2.05, 4.69) is 10.6 Å². The summed E-state index contributed by atoms with van der Waals surface area (Å²) >= 11 is 0. The van der Waals surface area contributed by atoms with E-state index in [4.69, 9.17) is 9.47 Å². The maximum absolute atomic E-state index is 12.7. The Bertz CT molecular complexity index is 844. The first-order valence-corrected chi connectivity index (χ1v) is 10.1. The van der Waals surface area contributed by atoms with Crippen molar-refractivity contribution in [2.24, 2.45) is 11.8 Å². The number of anilines is 2.